The van der Waals surface area contributed by atoms with Crippen molar-refractivity contribution in [1.29, 1.82) is 0 Å². The maximum absolute atomic E-state index is 12.2. The molecule has 0 saturated heterocycles. The molecule has 0 fully saturated rings. The largest absolute Gasteiger partial charge is 0.496 e. The minimum absolute atomic E-state index is 0.137. The molecule has 6 heteroatoms. The fraction of sp³-hybridized carbons (Fsp3) is 0.200. The van der Waals surface area contributed by atoms with E-state index in [0.717, 1.165) is 11.0 Å². The summed E-state index contributed by atoms with van der Waals surface area (Å²) in [5.74, 6) is 0.451. The summed E-state index contributed by atoms with van der Waals surface area (Å²) < 4.78 is 10.9. The molecule has 0 aliphatic carbocycles. The Kier molecular flexibility index (Phi) is 5.22. The summed E-state index contributed by atoms with van der Waals surface area (Å²) in [6, 6.07) is 16.1. The van der Waals surface area contributed by atoms with Crippen molar-refractivity contribution in [1.82, 2.24) is 10.6 Å². The summed E-state index contributed by atoms with van der Waals surface area (Å²) in [5, 5.41) is 6.39. The molecule has 0 unspecified atom stereocenters. The molecule has 3 aromatic rings. The van der Waals surface area contributed by atoms with Crippen molar-refractivity contribution in [2.24, 2.45) is 0 Å². The molecule has 1 atom stereocenters. The van der Waals surface area contributed by atoms with E-state index in [2.05, 4.69) is 10.6 Å². The Hall–Kier alpha value is -3.28. The summed E-state index contributed by atoms with van der Waals surface area (Å²) in [6.45, 7) is 1.69. The molecule has 0 aliphatic rings. The van der Waals surface area contributed by atoms with Gasteiger partial charge in [0.15, 0.2) is 0 Å². The number of amides is 2. The minimum atomic E-state index is -0.367. The summed E-state index contributed by atoms with van der Waals surface area (Å²) in [5.41, 5.74) is 1.15. The highest BCUT2D eigenvalue weighted by molar-refractivity contribution is 5.98. The van der Waals surface area contributed by atoms with E-state index in [4.69, 9.17) is 9.15 Å². The smallest absolute Gasteiger partial charge is 0.255 e. The van der Waals surface area contributed by atoms with E-state index in [9.17, 15) is 9.59 Å². The molecular weight excluding hydrogens is 332 g/mol. The molecule has 1 heterocycles. The van der Waals surface area contributed by atoms with Crippen LogP contribution < -0.4 is 15.4 Å². The standard InChI is InChI=1S/C20H20N2O4/c1-13(18-11-14-7-3-5-9-16(14)26-18)22-19(23)12-21-20(24)15-8-4-6-10-17(15)25-2/h3-11,13H,12H2,1-2H3,(H,21,24)(H,22,23)/t13-/m1/s1. The van der Waals surface area contributed by atoms with Gasteiger partial charge in [-0.25, -0.2) is 0 Å². The van der Waals surface area contributed by atoms with Crippen molar-refractivity contribution in [2.75, 3.05) is 13.7 Å². The first-order chi connectivity index (χ1) is 12.6. The Morgan fingerprint density at radius 2 is 1.85 bits per heavy atom. The Morgan fingerprint density at radius 1 is 1.12 bits per heavy atom. The van der Waals surface area contributed by atoms with Gasteiger partial charge in [0.25, 0.3) is 5.91 Å². The lowest BCUT2D eigenvalue weighted by molar-refractivity contribution is -0.120. The average molecular weight is 352 g/mol. The first-order valence-corrected chi connectivity index (χ1v) is 8.27. The lowest BCUT2D eigenvalue weighted by Gasteiger charge is -2.12. The molecular formula is C20H20N2O4. The van der Waals surface area contributed by atoms with Gasteiger partial charge in [-0.1, -0.05) is 30.3 Å². The van der Waals surface area contributed by atoms with Crippen LogP contribution in [0.3, 0.4) is 0 Å². The quantitative estimate of drug-likeness (QED) is 0.714. The molecule has 134 valence electrons. The molecule has 26 heavy (non-hydrogen) atoms. The SMILES string of the molecule is COc1ccccc1C(=O)NCC(=O)N[C@H](C)c1cc2ccccc2o1. The number of methoxy groups -OCH3 is 1. The average Bonchev–Trinajstić information content (AvgIpc) is 3.10. The maximum Gasteiger partial charge on any atom is 0.255 e. The van der Waals surface area contributed by atoms with E-state index in [1.54, 1.807) is 24.3 Å². The normalized spacial score (nSPS) is 11.8. The van der Waals surface area contributed by atoms with Crippen LogP contribution in [0.4, 0.5) is 0 Å². The van der Waals surface area contributed by atoms with Crippen molar-refractivity contribution in [2.45, 2.75) is 13.0 Å². The van der Waals surface area contributed by atoms with Crippen molar-refractivity contribution >= 4 is 22.8 Å². The van der Waals surface area contributed by atoms with Gasteiger partial charge in [0.1, 0.15) is 17.1 Å². The third kappa shape index (κ3) is 3.85. The Balaban J connectivity index is 1.57. The summed E-state index contributed by atoms with van der Waals surface area (Å²) in [6.07, 6.45) is 0. The van der Waals surface area contributed by atoms with Gasteiger partial charge in [-0.2, -0.15) is 0 Å². The first kappa shape index (κ1) is 17.5. The Bertz CT molecular complexity index is 899. The van der Waals surface area contributed by atoms with Crippen LogP contribution in [0.25, 0.3) is 11.0 Å². The van der Waals surface area contributed by atoms with Crippen LogP contribution in [-0.2, 0) is 4.79 Å². The number of furan rings is 1. The predicted molar refractivity (Wildman–Crippen MR) is 98.1 cm³/mol. The molecule has 2 amide bonds. The number of benzene rings is 2. The molecule has 0 saturated carbocycles. The molecule has 6 nitrogen and oxygen atoms in total. The highest BCUT2D eigenvalue weighted by Crippen LogP contribution is 2.23. The van der Waals surface area contributed by atoms with Crippen molar-refractivity contribution in [3.63, 3.8) is 0 Å². The minimum Gasteiger partial charge on any atom is -0.496 e. The topological polar surface area (TPSA) is 80.6 Å². The fourth-order valence-corrected chi connectivity index (χ4v) is 2.67. The van der Waals surface area contributed by atoms with Crippen LogP contribution in [0.1, 0.15) is 29.1 Å². The van der Waals surface area contributed by atoms with E-state index in [1.807, 2.05) is 37.3 Å². The first-order valence-electron chi connectivity index (χ1n) is 8.27. The number of carbonyl (C=O) groups is 2. The molecule has 0 bridgehead atoms. The Labute approximate surface area is 151 Å². The molecule has 3 rings (SSSR count). The van der Waals surface area contributed by atoms with Crippen LogP contribution in [0.15, 0.2) is 59.0 Å². The Morgan fingerprint density at radius 3 is 2.62 bits per heavy atom. The number of carbonyl (C=O) groups excluding carboxylic acids is 2. The van der Waals surface area contributed by atoms with Crippen LogP contribution in [0, 0.1) is 0 Å². The van der Waals surface area contributed by atoms with Gasteiger partial charge in [-0.05, 0) is 31.2 Å². The second-order valence-corrected chi connectivity index (χ2v) is 5.86. The lowest BCUT2D eigenvalue weighted by atomic mass is 10.2. The van der Waals surface area contributed by atoms with E-state index >= 15 is 0 Å². The lowest BCUT2D eigenvalue weighted by Crippen LogP contribution is -2.38. The van der Waals surface area contributed by atoms with Gasteiger partial charge in [0.2, 0.25) is 5.91 Å². The van der Waals surface area contributed by atoms with Crippen LogP contribution in [-0.4, -0.2) is 25.5 Å². The van der Waals surface area contributed by atoms with Gasteiger partial charge in [0.05, 0.1) is 25.3 Å². The number of ether oxygens (including phenoxy) is 1. The number of nitrogens with one attached hydrogen (secondary N) is 2. The molecule has 0 spiro atoms. The molecule has 1 aromatic heterocycles. The molecule has 0 radical (unpaired) electrons. The fourth-order valence-electron chi connectivity index (χ4n) is 2.67. The highest BCUT2D eigenvalue weighted by Gasteiger charge is 2.16. The zero-order chi connectivity index (χ0) is 18.5. The maximum atomic E-state index is 12.2. The van der Waals surface area contributed by atoms with Gasteiger partial charge in [-0.15, -0.1) is 0 Å². The van der Waals surface area contributed by atoms with Crippen molar-refractivity contribution < 1.29 is 18.7 Å². The van der Waals surface area contributed by atoms with Crippen LogP contribution >= 0.6 is 0 Å². The number of hydrogen-bond donors (Lipinski definition) is 2. The number of hydrogen-bond acceptors (Lipinski definition) is 4. The summed E-state index contributed by atoms with van der Waals surface area (Å²) in [4.78, 5) is 24.3. The van der Waals surface area contributed by atoms with Crippen LogP contribution in [0.5, 0.6) is 5.75 Å². The van der Waals surface area contributed by atoms with Gasteiger partial charge in [0, 0.05) is 5.39 Å². The van der Waals surface area contributed by atoms with Gasteiger partial charge in [-0.3, -0.25) is 9.59 Å². The van der Waals surface area contributed by atoms with E-state index < -0.39 is 0 Å². The number of para-hydroxylation sites is 2. The highest BCUT2D eigenvalue weighted by atomic mass is 16.5. The third-order valence-electron chi connectivity index (χ3n) is 4.01. The zero-order valence-electron chi connectivity index (χ0n) is 14.6. The third-order valence-corrected chi connectivity index (χ3v) is 4.01. The van der Waals surface area contributed by atoms with Gasteiger partial charge < -0.3 is 19.8 Å². The van der Waals surface area contributed by atoms with Crippen molar-refractivity contribution in [3.05, 3.63) is 65.9 Å². The molecule has 2 N–H and O–H groups in total. The molecule has 2 aromatic carbocycles. The van der Waals surface area contributed by atoms with Crippen molar-refractivity contribution in [3.8, 4) is 5.75 Å². The second-order valence-electron chi connectivity index (χ2n) is 5.86. The zero-order valence-corrected chi connectivity index (χ0v) is 14.6. The number of fused-ring (bicyclic) bond motifs is 1. The van der Waals surface area contributed by atoms with Crippen LogP contribution in [0.2, 0.25) is 0 Å². The van der Waals surface area contributed by atoms with E-state index in [0.29, 0.717) is 17.1 Å². The summed E-state index contributed by atoms with van der Waals surface area (Å²) in [7, 11) is 1.49. The molecule has 0 aliphatic heterocycles. The monoisotopic (exact) mass is 352 g/mol. The second kappa shape index (κ2) is 7.74. The van der Waals surface area contributed by atoms with E-state index in [1.165, 1.54) is 7.11 Å². The number of rotatable bonds is 6. The predicted octanol–water partition coefficient (Wildman–Crippen LogP) is 3.05. The summed E-state index contributed by atoms with van der Waals surface area (Å²) >= 11 is 0. The van der Waals surface area contributed by atoms with E-state index in [-0.39, 0.29) is 24.4 Å². The van der Waals surface area contributed by atoms with Gasteiger partial charge >= 0.3 is 0 Å².